The summed E-state index contributed by atoms with van der Waals surface area (Å²) in [6.45, 7) is 2.24. The van der Waals surface area contributed by atoms with E-state index in [2.05, 4.69) is 20.2 Å². The van der Waals surface area contributed by atoms with E-state index in [9.17, 15) is 4.79 Å². The first-order valence-electron chi connectivity index (χ1n) is 8.77. The Bertz CT molecular complexity index is 681. The molecular weight excluding hydrogens is 288 g/mol. The van der Waals surface area contributed by atoms with Gasteiger partial charge in [0.1, 0.15) is 0 Å². The van der Waals surface area contributed by atoms with Crippen molar-refractivity contribution in [1.82, 2.24) is 20.2 Å². The summed E-state index contributed by atoms with van der Waals surface area (Å²) in [5, 5.41) is 3.20. The topological polar surface area (TPSA) is 61.0 Å². The third-order valence-corrected chi connectivity index (χ3v) is 5.39. The zero-order valence-electron chi connectivity index (χ0n) is 13.4. The number of carbonyl (C=O) groups excluding carboxylic acids is 1. The van der Waals surface area contributed by atoms with Crippen molar-refractivity contribution >= 4 is 16.9 Å². The van der Waals surface area contributed by atoms with E-state index in [1.807, 2.05) is 18.2 Å². The Morgan fingerprint density at radius 2 is 1.96 bits per heavy atom. The lowest BCUT2D eigenvalue weighted by Crippen LogP contribution is -2.47. The van der Waals surface area contributed by atoms with Crippen LogP contribution >= 0.6 is 0 Å². The highest BCUT2D eigenvalue weighted by atomic mass is 16.1. The summed E-state index contributed by atoms with van der Waals surface area (Å²) in [5.74, 6) is 0.0285. The molecule has 2 aromatic rings. The van der Waals surface area contributed by atoms with Gasteiger partial charge in [-0.2, -0.15) is 0 Å². The molecule has 0 spiro atoms. The van der Waals surface area contributed by atoms with Gasteiger partial charge in [-0.1, -0.05) is 12.8 Å². The van der Waals surface area contributed by atoms with E-state index >= 15 is 0 Å². The Morgan fingerprint density at radius 3 is 2.74 bits per heavy atom. The number of nitrogens with zero attached hydrogens (tertiary/aromatic N) is 2. The molecule has 1 aromatic heterocycles. The number of H-pyrrole nitrogens is 1. The van der Waals surface area contributed by atoms with Crippen LogP contribution in [-0.2, 0) is 0 Å². The van der Waals surface area contributed by atoms with E-state index in [-0.39, 0.29) is 5.91 Å². The monoisotopic (exact) mass is 312 g/mol. The number of likely N-dealkylation sites (tertiary alicyclic amines) is 1. The molecule has 1 aromatic carbocycles. The molecular formula is C18H24N4O. The summed E-state index contributed by atoms with van der Waals surface area (Å²) >= 11 is 0. The van der Waals surface area contributed by atoms with Crippen molar-refractivity contribution in [3.63, 3.8) is 0 Å². The molecule has 0 bridgehead atoms. The maximum Gasteiger partial charge on any atom is 0.251 e. The first-order valence-corrected chi connectivity index (χ1v) is 8.77. The summed E-state index contributed by atoms with van der Waals surface area (Å²) in [5.41, 5.74) is 2.51. The number of piperidine rings is 1. The quantitative estimate of drug-likeness (QED) is 0.916. The Kier molecular flexibility index (Phi) is 4.04. The zero-order valence-corrected chi connectivity index (χ0v) is 13.4. The Balaban J connectivity index is 1.34. The molecule has 1 saturated heterocycles. The average molecular weight is 312 g/mol. The summed E-state index contributed by atoms with van der Waals surface area (Å²) < 4.78 is 0. The molecule has 5 nitrogen and oxygen atoms in total. The van der Waals surface area contributed by atoms with Crippen LogP contribution in [0, 0.1) is 0 Å². The average Bonchev–Trinajstić information content (AvgIpc) is 3.26. The minimum absolute atomic E-state index is 0.0285. The van der Waals surface area contributed by atoms with Crippen molar-refractivity contribution in [2.75, 3.05) is 13.1 Å². The highest BCUT2D eigenvalue weighted by Crippen LogP contribution is 2.26. The summed E-state index contributed by atoms with van der Waals surface area (Å²) in [7, 11) is 0. The molecule has 0 atom stereocenters. The summed E-state index contributed by atoms with van der Waals surface area (Å²) in [6.07, 6.45) is 9.28. The van der Waals surface area contributed by atoms with Crippen LogP contribution in [0.15, 0.2) is 24.5 Å². The van der Waals surface area contributed by atoms with Crippen LogP contribution in [0.5, 0.6) is 0 Å². The van der Waals surface area contributed by atoms with E-state index in [0.717, 1.165) is 43.0 Å². The molecule has 23 heavy (non-hydrogen) atoms. The molecule has 2 N–H and O–H groups in total. The number of aromatic amines is 1. The van der Waals surface area contributed by atoms with Gasteiger partial charge in [0.05, 0.1) is 17.4 Å². The third-order valence-electron chi connectivity index (χ3n) is 5.39. The molecule has 4 rings (SSSR count). The van der Waals surface area contributed by atoms with Gasteiger partial charge in [0.25, 0.3) is 5.91 Å². The Hall–Kier alpha value is -1.88. The number of hydrogen-bond donors (Lipinski definition) is 2. The smallest absolute Gasteiger partial charge is 0.251 e. The lowest BCUT2D eigenvalue weighted by Gasteiger charge is -2.36. The van der Waals surface area contributed by atoms with Gasteiger partial charge in [-0.15, -0.1) is 0 Å². The second-order valence-corrected chi connectivity index (χ2v) is 6.86. The second kappa shape index (κ2) is 6.32. The molecule has 1 amide bonds. The first kappa shape index (κ1) is 14.7. The van der Waals surface area contributed by atoms with Gasteiger partial charge in [-0.25, -0.2) is 4.98 Å². The van der Waals surface area contributed by atoms with Crippen molar-refractivity contribution in [3.05, 3.63) is 30.1 Å². The number of benzene rings is 1. The van der Waals surface area contributed by atoms with Crippen molar-refractivity contribution in [3.8, 4) is 0 Å². The van der Waals surface area contributed by atoms with E-state index in [0.29, 0.717) is 11.6 Å². The van der Waals surface area contributed by atoms with Crippen LogP contribution in [0.25, 0.3) is 11.0 Å². The van der Waals surface area contributed by atoms with Gasteiger partial charge >= 0.3 is 0 Å². The number of carbonyl (C=O) groups is 1. The predicted molar refractivity (Wildman–Crippen MR) is 90.4 cm³/mol. The summed E-state index contributed by atoms with van der Waals surface area (Å²) in [4.78, 5) is 22.3. The molecule has 2 aliphatic rings. The molecule has 1 saturated carbocycles. The maximum atomic E-state index is 12.5. The van der Waals surface area contributed by atoms with Crippen molar-refractivity contribution < 1.29 is 4.79 Å². The summed E-state index contributed by atoms with van der Waals surface area (Å²) in [6, 6.07) is 6.73. The number of imidazole rings is 1. The van der Waals surface area contributed by atoms with Gasteiger partial charge in [0, 0.05) is 30.7 Å². The van der Waals surface area contributed by atoms with Gasteiger partial charge in [-0.3, -0.25) is 4.79 Å². The van der Waals surface area contributed by atoms with Gasteiger partial charge in [-0.05, 0) is 43.9 Å². The second-order valence-electron chi connectivity index (χ2n) is 6.86. The fourth-order valence-electron chi connectivity index (χ4n) is 4.02. The van der Waals surface area contributed by atoms with Crippen LogP contribution < -0.4 is 5.32 Å². The van der Waals surface area contributed by atoms with Crippen molar-refractivity contribution in [2.45, 2.75) is 50.6 Å². The number of amides is 1. The number of fused-ring (bicyclic) bond motifs is 1. The van der Waals surface area contributed by atoms with Crippen LogP contribution in [-0.4, -0.2) is 45.9 Å². The lowest BCUT2D eigenvalue weighted by molar-refractivity contribution is 0.0892. The predicted octanol–water partition coefficient (Wildman–Crippen LogP) is 2.70. The molecule has 1 aliphatic heterocycles. The standard InChI is InChI=1S/C18H24N4O/c23-18(13-5-6-16-17(11-13)20-12-19-16)21-14-7-9-22(10-8-14)15-3-1-2-4-15/h5-6,11-12,14-15H,1-4,7-10H2,(H,19,20)(H,21,23). The third kappa shape index (κ3) is 3.11. The zero-order chi connectivity index (χ0) is 15.6. The Morgan fingerprint density at radius 1 is 1.17 bits per heavy atom. The minimum atomic E-state index is 0.0285. The maximum absolute atomic E-state index is 12.5. The molecule has 2 fully saturated rings. The highest BCUT2D eigenvalue weighted by Gasteiger charge is 2.27. The number of aromatic nitrogens is 2. The fraction of sp³-hybridized carbons (Fsp3) is 0.556. The van der Waals surface area contributed by atoms with Gasteiger partial charge in [0.15, 0.2) is 0 Å². The SMILES string of the molecule is O=C(NC1CCN(C2CCCC2)CC1)c1ccc2nc[nH]c2c1. The molecule has 1 aliphatic carbocycles. The minimum Gasteiger partial charge on any atom is -0.349 e. The fourth-order valence-corrected chi connectivity index (χ4v) is 4.02. The van der Waals surface area contributed by atoms with Crippen LogP contribution in [0.4, 0.5) is 0 Å². The molecule has 0 radical (unpaired) electrons. The Labute approximate surface area is 136 Å². The van der Waals surface area contributed by atoms with Gasteiger partial charge < -0.3 is 15.2 Å². The molecule has 0 unspecified atom stereocenters. The van der Waals surface area contributed by atoms with Crippen LogP contribution in [0.3, 0.4) is 0 Å². The molecule has 2 heterocycles. The molecule has 122 valence electrons. The van der Waals surface area contributed by atoms with E-state index < -0.39 is 0 Å². The van der Waals surface area contributed by atoms with Gasteiger partial charge in [0.2, 0.25) is 0 Å². The van der Waals surface area contributed by atoms with E-state index in [4.69, 9.17) is 0 Å². The molecule has 5 heteroatoms. The number of nitrogens with one attached hydrogen (secondary N) is 2. The normalized spacial score (nSPS) is 21.0. The number of rotatable bonds is 3. The van der Waals surface area contributed by atoms with Crippen LogP contribution in [0.1, 0.15) is 48.9 Å². The highest BCUT2D eigenvalue weighted by molar-refractivity contribution is 5.97. The van der Waals surface area contributed by atoms with Crippen LogP contribution in [0.2, 0.25) is 0 Å². The van der Waals surface area contributed by atoms with Crippen molar-refractivity contribution in [1.29, 1.82) is 0 Å². The van der Waals surface area contributed by atoms with Crippen molar-refractivity contribution in [2.24, 2.45) is 0 Å². The largest absolute Gasteiger partial charge is 0.349 e. The number of hydrogen-bond acceptors (Lipinski definition) is 3. The first-order chi connectivity index (χ1) is 11.3. The lowest BCUT2D eigenvalue weighted by atomic mass is 10.0. The van der Waals surface area contributed by atoms with E-state index in [1.165, 1.54) is 25.7 Å². The van der Waals surface area contributed by atoms with E-state index in [1.54, 1.807) is 6.33 Å².